The van der Waals surface area contributed by atoms with Crippen LogP contribution in [0.2, 0.25) is 0 Å². The van der Waals surface area contributed by atoms with Crippen LogP contribution >= 0.6 is 0 Å². The number of nitrogens with zero attached hydrogens (tertiary/aromatic N) is 3. The van der Waals surface area contributed by atoms with Gasteiger partial charge in [0.25, 0.3) is 0 Å². The van der Waals surface area contributed by atoms with E-state index >= 15 is 0 Å². The molecule has 1 rings (SSSR count). The van der Waals surface area contributed by atoms with Gasteiger partial charge in [0.1, 0.15) is 4.90 Å². The Labute approximate surface area is 108 Å². The molecule has 102 valence electrons. The zero-order chi connectivity index (χ0) is 13.8. The third-order valence-corrected chi connectivity index (χ3v) is 4.45. The Bertz CT molecular complexity index is 493. The van der Waals surface area contributed by atoms with Gasteiger partial charge in [-0.3, -0.25) is 4.68 Å². The van der Waals surface area contributed by atoms with Gasteiger partial charge < -0.3 is 5.73 Å². The van der Waals surface area contributed by atoms with Crippen LogP contribution in [-0.4, -0.2) is 41.6 Å². The highest BCUT2D eigenvalue weighted by Crippen LogP contribution is 2.17. The standard InChI is InChI=1S/C11H20N4O2S/c1-4-6-15(10(2)3)18(16,17)11-8-13-14(9-11)7-5-12/h4,8-10H,1,5-7,12H2,2-3H3. The second-order valence-electron chi connectivity index (χ2n) is 4.18. The van der Waals surface area contributed by atoms with E-state index in [-0.39, 0.29) is 17.5 Å². The number of aromatic nitrogens is 2. The van der Waals surface area contributed by atoms with Crippen LogP contribution in [0.4, 0.5) is 0 Å². The topological polar surface area (TPSA) is 81.2 Å². The molecule has 0 atom stereocenters. The second-order valence-corrected chi connectivity index (χ2v) is 6.08. The molecule has 18 heavy (non-hydrogen) atoms. The van der Waals surface area contributed by atoms with Crippen molar-refractivity contribution in [3.8, 4) is 0 Å². The van der Waals surface area contributed by atoms with Gasteiger partial charge in [0.2, 0.25) is 10.0 Å². The van der Waals surface area contributed by atoms with Crippen molar-refractivity contribution < 1.29 is 8.42 Å². The number of nitrogens with two attached hydrogens (primary N) is 1. The van der Waals surface area contributed by atoms with Crippen molar-refractivity contribution in [1.29, 1.82) is 0 Å². The van der Waals surface area contributed by atoms with Crippen LogP contribution in [0.1, 0.15) is 13.8 Å². The molecule has 0 aliphatic heterocycles. The lowest BCUT2D eigenvalue weighted by Gasteiger charge is -2.23. The summed E-state index contributed by atoms with van der Waals surface area (Å²) in [5, 5.41) is 3.98. The van der Waals surface area contributed by atoms with E-state index in [0.29, 0.717) is 13.1 Å². The van der Waals surface area contributed by atoms with Gasteiger partial charge in [-0.1, -0.05) is 6.08 Å². The van der Waals surface area contributed by atoms with Crippen molar-refractivity contribution in [1.82, 2.24) is 14.1 Å². The quantitative estimate of drug-likeness (QED) is 0.730. The number of rotatable bonds is 7. The molecule has 0 bridgehead atoms. The predicted molar refractivity (Wildman–Crippen MR) is 70.5 cm³/mol. The molecule has 1 aromatic heterocycles. The molecular formula is C11H20N4O2S. The van der Waals surface area contributed by atoms with Crippen LogP contribution in [0.3, 0.4) is 0 Å². The van der Waals surface area contributed by atoms with Crippen molar-refractivity contribution in [3.05, 3.63) is 25.0 Å². The smallest absolute Gasteiger partial charge is 0.246 e. The van der Waals surface area contributed by atoms with Crippen molar-refractivity contribution in [2.24, 2.45) is 5.73 Å². The summed E-state index contributed by atoms with van der Waals surface area (Å²) >= 11 is 0. The number of sulfonamides is 1. The summed E-state index contributed by atoms with van der Waals surface area (Å²) in [5.74, 6) is 0. The first-order valence-electron chi connectivity index (χ1n) is 5.78. The third-order valence-electron chi connectivity index (χ3n) is 2.46. The largest absolute Gasteiger partial charge is 0.329 e. The van der Waals surface area contributed by atoms with Crippen molar-refractivity contribution in [2.45, 2.75) is 31.3 Å². The van der Waals surface area contributed by atoms with E-state index in [2.05, 4.69) is 11.7 Å². The Morgan fingerprint density at radius 2 is 2.28 bits per heavy atom. The first-order valence-corrected chi connectivity index (χ1v) is 7.22. The van der Waals surface area contributed by atoms with E-state index in [0.717, 1.165) is 0 Å². The summed E-state index contributed by atoms with van der Waals surface area (Å²) in [6, 6.07) is -0.133. The van der Waals surface area contributed by atoms with Gasteiger partial charge in [-0.05, 0) is 13.8 Å². The van der Waals surface area contributed by atoms with Crippen molar-refractivity contribution >= 4 is 10.0 Å². The number of hydrogen-bond donors (Lipinski definition) is 1. The summed E-state index contributed by atoms with van der Waals surface area (Å²) < 4.78 is 27.7. The fourth-order valence-corrected chi connectivity index (χ4v) is 3.14. The highest BCUT2D eigenvalue weighted by molar-refractivity contribution is 7.89. The van der Waals surface area contributed by atoms with Gasteiger partial charge in [0.15, 0.2) is 0 Å². The fraction of sp³-hybridized carbons (Fsp3) is 0.545. The molecule has 1 aromatic rings. The van der Waals surface area contributed by atoms with Gasteiger partial charge in [-0.15, -0.1) is 6.58 Å². The normalized spacial score (nSPS) is 12.3. The monoisotopic (exact) mass is 272 g/mol. The molecule has 0 aromatic carbocycles. The molecule has 1 heterocycles. The van der Waals surface area contributed by atoms with Crippen LogP contribution in [0.5, 0.6) is 0 Å². The SMILES string of the molecule is C=CCN(C(C)C)S(=O)(=O)c1cnn(CCN)c1. The first-order chi connectivity index (χ1) is 8.43. The molecule has 0 radical (unpaired) electrons. The number of hydrogen-bond acceptors (Lipinski definition) is 4. The molecule has 2 N–H and O–H groups in total. The van der Waals surface area contributed by atoms with Gasteiger partial charge >= 0.3 is 0 Å². The van der Waals surface area contributed by atoms with Gasteiger partial charge in [0.05, 0.1) is 12.7 Å². The zero-order valence-electron chi connectivity index (χ0n) is 10.8. The molecule has 6 nitrogen and oxygen atoms in total. The molecule has 0 saturated heterocycles. The summed E-state index contributed by atoms with van der Waals surface area (Å²) in [6.07, 6.45) is 4.42. The molecule has 7 heteroatoms. The molecule has 0 spiro atoms. The molecule has 0 amide bonds. The Balaban J connectivity index is 3.05. The van der Waals surface area contributed by atoms with Crippen molar-refractivity contribution in [3.63, 3.8) is 0 Å². The Hall–Kier alpha value is -1.18. The van der Waals surface area contributed by atoms with E-state index in [1.165, 1.54) is 21.4 Å². The average Bonchev–Trinajstić information content (AvgIpc) is 2.75. The maximum Gasteiger partial charge on any atom is 0.246 e. The first kappa shape index (κ1) is 14.9. The van der Waals surface area contributed by atoms with E-state index < -0.39 is 10.0 Å². The van der Waals surface area contributed by atoms with Gasteiger partial charge in [-0.25, -0.2) is 8.42 Å². The van der Waals surface area contributed by atoms with Crippen LogP contribution in [0.15, 0.2) is 29.9 Å². The van der Waals surface area contributed by atoms with Gasteiger partial charge in [-0.2, -0.15) is 9.40 Å². The second kappa shape index (κ2) is 6.12. The fourth-order valence-electron chi connectivity index (χ4n) is 1.58. The highest BCUT2D eigenvalue weighted by Gasteiger charge is 2.27. The molecule has 0 fully saturated rings. The Morgan fingerprint density at radius 1 is 1.61 bits per heavy atom. The minimum absolute atomic E-state index is 0.133. The highest BCUT2D eigenvalue weighted by atomic mass is 32.2. The minimum Gasteiger partial charge on any atom is -0.329 e. The van der Waals surface area contributed by atoms with Crippen LogP contribution in [-0.2, 0) is 16.6 Å². The molecule has 0 saturated carbocycles. The summed E-state index contributed by atoms with van der Waals surface area (Å²) in [5.41, 5.74) is 5.40. The summed E-state index contributed by atoms with van der Waals surface area (Å²) in [4.78, 5) is 0.187. The lowest BCUT2D eigenvalue weighted by molar-refractivity contribution is 0.383. The molecule has 0 aliphatic rings. The third kappa shape index (κ3) is 3.18. The van der Waals surface area contributed by atoms with E-state index in [1.807, 2.05) is 13.8 Å². The lowest BCUT2D eigenvalue weighted by atomic mass is 10.4. The van der Waals surface area contributed by atoms with Crippen LogP contribution in [0, 0.1) is 0 Å². The Kier molecular flexibility index (Phi) is 5.06. The average molecular weight is 272 g/mol. The predicted octanol–water partition coefficient (Wildman–Crippen LogP) is 0.427. The van der Waals surface area contributed by atoms with Crippen LogP contribution < -0.4 is 5.73 Å². The zero-order valence-corrected chi connectivity index (χ0v) is 11.6. The van der Waals surface area contributed by atoms with E-state index in [4.69, 9.17) is 5.73 Å². The van der Waals surface area contributed by atoms with Gasteiger partial charge in [0, 0.05) is 25.3 Å². The maximum atomic E-state index is 12.4. The minimum atomic E-state index is -3.52. The van der Waals surface area contributed by atoms with E-state index in [1.54, 1.807) is 6.08 Å². The van der Waals surface area contributed by atoms with Crippen molar-refractivity contribution in [2.75, 3.05) is 13.1 Å². The lowest BCUT2D eigenvalue weighted by Crippen LogP contribution is -2.36. The van der Waals surface area contributed by atoms with E-state index in [9.17, 15) is 8.42 Å². The maximum absolute atomic E-state index is 12.4. The van der Waals surface area contributed by atoms with Crippen LogP contribution in [0.25, 0.3) is 0 Å². The molecular weight excluding hydrogens is 252 g/mol. The Morgan fingerprint density at radius 3 is 2.78 bits per heavy atom. The molecule has 0 aliphatic carbocycles. The summed E-state index contributed by atoms with van der Waals surface area (Å²) in [6.45, 7) is 8.43. The summed E-state index contributed by atoms with van der Waals surface area (Å²) in [7, 11) is -3.52. The molecule has 0 unspecified atom stereocenters.